The summed E-state index contributed by atoms with van der Waals surface area (Å²) in [6.45, 7) is 1.38. The van der Waals surface area contributed by atoms with Crippen LogP contribution in [-0.2, 0) is 37.2 Å². The molecule has 2 aromatic heterocycles. The molecular weight excluding hydrogens is 492 g/mol. The number of rotatable bonds is 12. The van der Waals surface area contributed by atoms with Gasteiger partial charge in [-0.1, -0.05) is 42.5 Å². The van der Waals surface area contributed by atoms with Crippen LogP contribution >= 0.6 is 0 Å². The van der Waals surface area contributed by atoms with Gasteiger partial charge in [0.25, 0.3) is 0 Å². The van der Waals surface area contributed by atoms with Crippen molar-refractivity contribution in [3.05, 3.63) is 102 Å². The zero-order valence-electron chi connectivity index (χ0n) is 22.2. The van der Waals surface area contributed by atoms with Gasteiger partial charge in [-0.25, -0.2) is 5.10 Å². The van der Waals surface area contributed by atoms with Crippen LogP contribution in [0.25, 0.3) is 10.9 Å². The zero-order chi connectivity index (χ0) is 27.0. The second kappa shape index (κ2) is 12.3. The molecule has 1 amide bonds. The molecule has 39 heavy (non-hydrogen) atoms. The van der Waals surface area contributed by atoms with Crippen LogP contribution in [0, 0.1) is 0 Å². The smallest absolute Gasteiger partial charge is 0.242 e. The standard InChI is InChI=1S/C30H32N6O3/c1-35(17-16-22-8-11-25(38-2)12-9-22)30(37)20-36-19-24(10-15-29-31-33-34-32-29)27-18-26(13-14-28(27)36)39-21-23-6-4-3-5-7-23/h3-9,11-14,18-19H,10,15-17,20-21H2,1-2H3,(H,31,32,33,34). The van der Waals surface area contributed by atoms with Crippen LogP contribution in [0.1, 0.15) is 22.5 Å². The summed E-state index contributed by atoms with van der Waals surface area (Å²) in [4.78, 5) is 15.0. The first-order valence-electron chi connectivity index (χ1n) is 13.0. The van der Waals surface area contributed by atoms with E-state index in [1.54, 1.807) is 12.0 Å². The van der Waals surface area contributed by atoms with Crippen LogP contribution in [-0.4, -0.2) is 56.7 Å². The fourth-order valence-electron chi connectivity index (χ4n) is 4.53. The Bertz CT molecular complexity index is 1500. The Hall–Kier alpha value is -4.66. The van der Waals surface area contributed by atoms with E-state index in [4.69, 9.17) is 9.47 Å². The number of aryl methyl sites for hydroxylation is 2. The van der Waals surface area contributed by atoms with Gasteiger partial charge in [0.05, 0.1) is 7.11 Å². The third kappa shape index (κ3) is 6.62. The molecule has 0 radical (unpaired) electrons. The number of carbonyl (C=O) groups excluding carboxylic acids is 1. The van der Waals surface area contributed by atoms with Gasteiger partial charge in [0, 0.05) is 37.1 Å². The van der Waals surface area contributed by atoms with Crippen LogP contribution in [0.5, 0.6) is 11.5 Å². The fraction of sp³-hybridized carbons (Fsp3) is 0.267. The largest absolute Gasteiger partial charge is 0.497 e. The maximum atomic E-state index is 13.2. The topological polar surface area (TPSA) is 98.2 Å². The van der Waals surface area contributed by atoms with E-state index in [0.29, 0.717) is 19.6 Å². The third-order valence-electron chi connectivity index (χ3n) is 6.83. The average Bonchev–Trinajstić information content (AvgIpc) is 3.62. The van der Waals surface area contributed by atoms with Crippen LogP contribution in [0.2, 0.25) is 0 Å². The molecule has 0 saturated carbocycles. The van der Waals surface area contributed by atoms with E-state index in [9.17, 15) is 4.79 Å². The predicted molar refractivity (Wildman–Crippen MR) is 149 cm³/mol. The summed E-state index contributed by atoms with van der Waals surface area (Å²) in [5.41, 5.74) is 4.37. The average molecular weight is 525 g/mol. The highest BCUT2D eigenvalue weighted by molar-refractivity contribution is 5.87. The van der Waals surface area contributed by atoms with Gasteiger partial charge in [0.15, 0.2) is 0 Å². The Labute approximate surface area is 227 Å². The van der Waals surface area contributed by atoms with Gasteiger partial charge in [0.1, 0.15) is 30.5 Å². The second-order valence-electron chi connectivity index (χ2n) is 9.50. The number of tetrazole rings is 1. The van der Waals surface area contributed by atoms with E-state index in [2.05, 4.69) is 32.9 Å². The number of aromatic nitrogens is 5. The summed E-state index contributed by atoms with van der Waals surface area (Å²) in [6, 6.07) is 24.1. The van der Waals surface area contributed by atoms with Crippen molar-refractivity contribution >= 4 is 16.8 Å². The molecule has 9 nitrogen and oxygen atoms in total. The molecule has 0 aliphatic rings. The van der Waals surface area contributed by atoms with Crippen molar-refractivity contribution in [2.45, 2.75) is 32.4 Å². The SMILES string of the molecule is COc1ccc(CCN(C)C(=O)Cn2cc(CCc3nnn[nH]3)c3cc(OCc4ccccc4)ccc32)cc1. The summed E-state index contributed by atoms with van der Waals surface area (Å²) in [5, 5.41) is 15.2. The first-order chi connectivity index (χ1) is 19.1. The van der Waals surface area contributed by atoms with Crippen molar-refractivity contribution in [1.82, 2.24) is 30.1 Å². The predicted octanol–water partition coefficient (Wildman–Crippen LogP) is 4.23. The molecule has 1 N–H and O–H groups in total. The van der Waals surface area contributed by atoms with Gasteiger partial charge in [-0.15, -0.1) is 5.10 Å². The molecule has 5 aromatic rings. The minimum absolute atomic E-state index is 0.0517. The van der Waals surface area contributed by atoms with Crippen LogP contribution in [0.3, 0.4) is 0 Å². The summed E-state index contributed by atoms with van der Waals surface area (Å²) >= 11 is 0. The Kier molecular flexibility index (Phi) is 8.16. The monoisotopic (exact) mass is 524 g/mol. The first-order valence-corrected chi connectivity index (χ1v) is 13.0. The molecule has 0 bridgehead atoms. The van der Waals surface area contributed by atoms with E-state index in [1.165, 1.54) is 0 Å². The molecule has 2 heterocycles. The number of fused-ring (bicyclic) bond motifs is 1. The Morgan fingerprint density at radius 2 is 1.74 bits per heavy atom. The maximum absolute atomic E-state index is 13.2. The number of carbonyl (C=O) groups is 1. The normalized spacial score (nSPS) is 11.0. The number of H-pyrrole nitrogens is 1. The molecule has 0 fully saturated rings. The summed E-state index contributed by atoms with van der Waals surface area (Å²) in [5.74, 6) is 2.39. The molecule has 0 unspecified atom stereocenters. The van der Waals surface area contributed by atoms with Gasteiger partial charge in [-0.3, -0.25) is 4.79 Å². The first kappa shape index (κ1) is 26.0. The van der Waals surface area contributed by atoms with E-state index in [1.807, 2.05) is 78.3 Å². The number of nitrogens with one attached hydrogen (secondary N) is 1. The van der Waals surface area contributed by atoms with Crippen molar-refractivity contribution in [3.8, 4) is 11.5 Å². The van der Waals surface area contributed by atoms with E-state index in [-0.39, 0.29) is 12.5 Å². The number of amides is 1. The summed E-state index contributed by atoms with van der Waals surface area (Å²) in [7, 11) is 3.51. The van der Waals surface area contributed by atoms with Gasteiger partial charge in [-0.2, -0.15) is 0 Å². The van der Waals surface area contributed by atoms with Crippen molar-refractivity contribution in [1.29, 1.82) is 0 Å². The number of ether oxygens (including phenoxy) is 2. The lowest BCUT2D eigenvalue weighted by atomic mass is 10.1. The highest BCUT2D eigenvalue weighted by Crippen LogP contribution is 2.28. The van der Waals surface area contributed by atoms with Gasteiger partial charge < -0.3 is 18.9 Å². The molecule has 0 atom stereocenters. The molecule has 0 aliphatic carbocycles. The molecule has 0 spiro atoms. The Morgan fingerprint density at radius 1 is 0.949 bits per heavy atom. The molecule has 3 aromatic carbocycles. The number of methoxy groups -OCH3 is 1. The lowest BCUT2D eigenvalue weighted by Crippen LogP contribution is -2.31. The van der Waals surface area contributed by atoms with Crippen molar-refractivity contribution < 1.29 is 14.3 Å². The summed E-state index contributed by atoms with van der Waals surface area (Å²) < 4.78 is 13.3. The highest BCUT2D eigenvalue weighted by Gasteiger charge is 2.16. The number of hydrogen-bond donors (Lipinski definition) is 1. The van der Waals surface area contributed by atoms with Crippen LogP contribution in [0.15, 0.2) is 79.0 Å². The van der Waals surface area contributed by atoms with Crippen molar-refractivity contribution in [2.75, 3.05) is 20.7 Å². The number of benzene rings is 3. The van der Waals surface area contributed by atoms with Gasteiger partial charge in [-0.05, 0) is 70.3 Å². The zero-order valence-corrected chi connectivity index (χ0v) is 22.2. The highest BCUT2D eigenvalue weighted by atomic mass is 16.5. The fourth-order valence-corrected chi connectivity index (χ4v) is 4.53. The molecule has 9 heteroatoms. The minimum Gasteiger partial charge on any atom is -0.497 e. The number of nitrogens with zero attached hydrogens (tertiary/aromatic N) is 5. The van der Waals surface area contributed by atoms with E-state index in [0.717, 1.165) is 57.8 Å². The Balaban J connectivity index is 1.30. The maximum Gasteiger partial charge on any atom is 0.242 e. The van der Waals surface area contributed by atoms with E-state index < -0.39 is 0 Å². The summed E-state index contributed by atoms with van der Waals surface area (Å²) in [6.07, 6.45) is 4.23. The lowest BCUT2D eigenvalue weighted by Gasteiger charge is -2.18. The molecule has 0 saturated heterocycles. The van der Waals surface area contributed by atoms with E-state index >= 15 is 0 Å². The quantitative estimate of drug-likeness (QED) is 0.262. The van der Waals surface area contributed by atoms with Crippen molar-refractivity contribution in [2.24, 2.45) is 0 Å². The minimum atomic E-state index is 0.0517. The molecule has 5 rings (SSSR count). The third-order valence-corrected chi connectivity index (χ3v) is 6.83. The van der Waals surface area contributed by atoms with Gasteiger partial charge >= 0.3 is 0 Å². The van der Waals surface area contributed by atoms with Crippen molar-refractivity contribution in [3.63, 3.8) is 0 Å². The lowest BCUT2D eigenvalue weighted by molar-refractivity contribution is -0.130. The Morgan fingerprint density at radius 3 is 2.49 bits per heavy atom. The number of hydrogen-bond acceptors (Lipinski definition) is 6. The van der Waals surface area contributed by atoms with Crippen LogP contribution < -0.4 is 9.47 Å². The molecule has 0 aliphatic heterocycles. The second-order valence-corrected chi connectivity index (χ2v) is 9.50. The molecular formula is C30H32N6O3. The molecule has 200 valence electrons. The van der Waals surface area contributed by atoms with Crippen LogP contribution in [0.4, 0.5) is 0 Å². The number of likely N-dealkylation sites (N-methyl/N-ethyl adjacent to an activating group) is 1. The number of aromatic amines is 1. The van der Waals surface area contributed by atoms with Gasteiger partial charge in [0.2, 0.25) is 5.91 Å².